The predicted molar refractivity (Wildman–Crippen MR) is 58.6 cm³/mol. The molecule has 1 saturated heterocycles. The van der Waals surface area contributed by atoms with Gasteiger partial charge in [-0.3, -0.25) is 4.98 Å². The van der Waals surface area contributed by atoms with Crippen LogP contribution in [0.1, 0.15) is 35.7 Å². The van der Waals surface area contributed by atoms with Crippen LogP contribution in [0.25, 0.3) is 0 Å². The Bertz CT molecular complexity index is 314. The van der Waals surface area contributed by atoms with Crippen LogP contribution < -0.4 is 5.32 Å². The van der Waals surface area contributed by atoms with Gasteiger partial charge in [-0.2, -0.15) is 0 Å². The molecule has 2 heteroatoms. The topological polar surface area (TPSA) is 24.9 Å². The van der Waals surface area contributed by atoms with E-state index in [-0.39, 0.29) is 0 Å². The standard InChI is InChI=1S/C12H18N2/c1-9-5-6-12(14-10(9)2)11-4-3-7-13-8-11/h5-6,11,13H,3-4,7-8H2,1-2H3. The second kappa shape index (κ2) is 4.09. The second-order valence-electron chi connectivity index (χ2n) is 4.18. The zero-order valence-electron chi connectivity index (χ0n) is 9.01. The van der Waals surface area contributed by atoms with Crippen LogP contribution in [-0.2, 0) is 0 Å². The van der Waals surface area contributed by atoms with Crippen LogP contribution in [-0.4, -0.2) is 18.1 Å². The van der Waals surface area contributed by atoms with E-state index in [9.17, 15) is 0 Å². The Morgan fingerprint density at radius 1 is 1.36 bits per heavy atom. The number of rotatable bonds is 1. The number of hydrogen-bond donors (Lipinski definition) is 1. The first-order chi connectivity index (χ1) is 6.77. The van der Waals surface area contributed by atoms with E-state index in [1.165, 1.54) is 36.3 Å². The van der Waals surface area contributed by atoms with Crippen molar-refractivity contribution in [1.29, 1.82) is 0 Å². The van der Waals surface area contributed by atoms with E-state index in [4.69, 9.17) is 0 Å². The van der Waals surface area contributed by atoms with Crippen molar-refractivity contribution in [1.82, 2.24) is 10.3 Å². The van der Waals surface area contributed by atoms with Gasteiger partial charge in [0.15, 0.2) is 0 Å². The monoisotopic (exact) mass is 190 g/mol. The number of hydrogen-bond acceptors (Lipinski definition) is 2. The minimum atomic E-state index is 0.628. The maximum absolute atomic E-state index is 4.66. The fraction of sp³-hybridized carbons (Fsp3) is 0.583. The van der Waals surface area contributed by atoms with E-state index in [0.717, 1.165) is 6.54 Å². The van der Waals surface area contributed by atoms with Gasteiger partial charge in [-0.05, 0) is 44.9 Å². The van der Waals surface area contributed by atoms with Crippen LogP contribution in [0.3, 0.4) is 0 Å². The molecule has 0 bridgehead atoms. The predicted octanol–water partition coefficient (Wildman–Crippen LogP) is 2.17. The van der Waals surface area contributed by atoms with Crippen LogP contribution in [0.2, 0.25) is 0 Å². The molecule has 0 aliphatic carbocycles. The Labute approximate surface area is 85.7 Å². The maximum atomic E-state index is 4.66. The van der Waals surface area contributed by atoms with E-state index >= 15 is 0 Å². The minimum absolute atomic E-state index is 0.628. The fourth-order valence-corrected chi connectivity index (χ4v) is 1.98. The van der Waals surface area contributed by atoms with Crippen LogP contribution >= 0.6 is 0 Å². The Morgan fingerprint density at radius 2 is 2.21 bits per heavy atom. The Balaban J connectivity index is 2.18. The summed E-state index contributed by atoms with van der Waals surface area (Å²) in [6, 6.07) is 4.37. The van der Waals surface area contributed by atoms with Crippen LogP contribution in [0.5, 0.6) is 0 Å². The van der Waals surface area contributed by atoms with Gasteiger partial charge in [0.25, 0.3) is 0 Å². The number of nitrogens with zero attached hydrogens (tertiary/aromatic N) is 1. The normalized spacial score (nSPS) is 22.3. The largest absolute Gasteiger partial charge is 0.316 e. The minimum Gasteiger partial charge on any atom is -0.316 e. The summed E-state index contributed by atoms with van der Waals surface area (Å²) in [6.45, 7) is 6.47. The van der Waals surface area contributed by atoms with Gasteiger partial charge in [0.1, 0.15) is 0 Å². The van der Waals surface area contributed by atoms with Crippen molar-refractivity contribution >= 4 is 0 Å². The summed E-state index contributed by atoms with van der Waals surface area (Å²) in [7, 11) is 0. The van der Waals surface area contributed by atoms with Crippen LogP contribution in [0.15, 0.2) is 12.1 Å². The van der Waals surface area contributed by atoms with Gasteiger partial charge < -0.3 is 5.32 Å². The van der Waals surface area contributed by atoms with E-state index in [2.05, 4.69) is 36.3 Å². The van der Waals surface area contributed by atoms with Crippen molar-refractivity contribution < 1.29 is 0 Å². The lowest BCUT2D eigenvalue weighted by Crippen LogP contribution is -2.28. The molecule has 1 aromatic rings. The lowest BCUT2D eigenvalue weighted by Gasteiger charge is -2.22. The molecule has 0 saturated carbocycles. The highest BCUT2D eigenvalue weighted by atomic mass is 14.9. The van der Waals surface area contributed by atoms with Crippen molar-refractivity contribution in [3.8, 4) is 0 Å². The summed E-state index contributed by atoms with van der Waals surface area (Å²) in [5.74, 6) is 0.628. The van der Waals surface area contributed by atoms with Crippen LogP contribution in [0, 0.1) is 13.8 Å². The number of pyridine rings is 1. The van der Waals surface area contributed by atoms with Crippen LogP contribution in [0.4, 0.5) is 0 Å². The number of aromatic nitrogens is 1. The summed E-state index contributed by atoms with van der Waals surface area (Å²) >= 11 is 0. The summed E-state index contributed by atoms with van der Waals surface area (Å²) in [5.41, 5.74) is 3.73. The molecule has 1 aliphatic rings. The van der Waals surface area contributed by atoms with Gasteiger partial charge in [0, 0.05) is 23.9 Å². The highest BCUT2D eigenvalue weighted by molar-refractivity contribution is 5.22. The van der Waals surface area contributed by atoms with Crippen molar-refractivity contribution in [3.05, 3.63) is 29.1 Å². The van der Waals surface area contributed by atoms with Gasteiger partial charge in [-0.25, -0.2) is 0 Å². The first-order valence-electron chi connectivity index (χ1n) is 5.42. The Morgan fingerprint density at radius 3 is 2.86 bits per heavy atom. The maximum Gasteiger partial charge on any atom is 0.0450 e. The van der Waals surface area contributed by atoms with Gasteiger partial charge in [-0.15, -0.1) is 0 Å². The Kier molecular flexibility index (Phi) is 2.82. The summed E-state index contributed by atoms with van der Waals surface area (Å²) in [4.78, 5) is 4.66. The average molecular weight is 190 g/mol. The lowest BCUT2D eigenvalue weighted by atomic mass is 9.95. The van der Waals surface area contributed by atoms with Crippen molar-refractivity contribution in [2.24, 2.45) is 0 Å². The van der Waals surface area contributed by atoms with Gasteiger partial charge in [-0.1, -0.05) is 6.07 Å². The molecule has 2 nitrogen and oxygen atoms in total. The molecule has 1 fully saturated rings. The molecule has 76 valence electrons. The number of piperidine rings is 1. The summed E-state index contributed by atoms with van der Waals surface area (Å²) in [5, 5.41) is 3.43. The molecule has 1 aromatic heterocycles. The molecule has 0 aromatic carbocycles. The molecule has 1 atom stereocenters. The van der Waals surface area contributed by atoms with E-state index in [0.29, 0.717) is 5.92 Å². The molecule has 14 heavy (non-hydrogen) atoms. The van der Waals surface area contributed by atoms with E-state index < -0.39 is 0 Å². The number of aryl methyl sites for hydroxylation is 2. The smallest absolute Gasteiger partial charge is 0.0450 e. The molecule has 1 N–H and O–H groups in total. The quantitative estimate of drug-likeness (QED) is 0.734. The third-order valence-electron chi connectivity index (χ3n) is 3.09. The third-order valence-corrected chi connectivity index (χ3v) is 3.09. The lowest BCUT2D eigenvalue weighted by molar-refractivity contribution is 0.454. The molecule has 2 heterocycles. The van der Waals surface area contributed by atoms with Gasteiger partial charge >= 0.3 is 0 Å². The average Bonchev–Trinajstić information content (AvgIpc) is 2.23. The number of nitrogens with one attached hydrogen (secondary N) is 1. The Hall–Kier alpha value is -0.890. The highest BCUT2D eigenvalue weighted by Crippen LogP contribution is 2.22. The van der Waals surface area contributed by atoms with E-state index in [1.54, 1.807) is 0 Å². The van der Waals surface area contributed by atoms with Gasteiger partial charge in [0.2, 0.25) is 0 Å². The first-order valence-corrected chi connectivity index (χ1v) is 5.42. The molecule has 0 amide bonds. The molecule has 2 rings (SSSR count). The first kappa shape index (κ1) is 9.66. The zero-order chi connectivity index (χ0) is 9.97. The summed E-state index contributed by atoms with van der Waals surface area (Å²) < 4.78 is 0. The molecular formula is C12H18N2. The van der Waals surface area contributed by atoms with Crippen molar-refractivity contribution in [2.75, 3.05) is 13.1 Å². The molecule has 1 unspecified atom stereocenters. The third kappa shape index (κ3) is 1.95. The van der Waals surface area contributed by atoms with Gasteiger partial charge in [0.05, 0.1) is 0 Å². The molecule has 1 aliphatic heterocycles. The van der Waals surface area contributed by atoms with Crippen molar-refractivity contribution in [3.63, 3.8) is 0 Å². The molecule has 0 radical (unpaired) electrons. The highest BCUT2D eigenvalue weighted by Gasteiger charge is 2.16. The molecule has 0 spiro atoms. The zero-order valence-corrected chi connectivity index (χ0v) is 9.01. The second-order valence-corrected chi connectivity index (χ2v) is 4.18. The van der Waals surface area contributed by atoms with E-state index in [1.807, 2.05) is 0 Å². The SMILES string of the molecule is Cc1ccc(C2CCCNC2)nc1C. The van der Waals surface area contributed by atoms with Crippen molar-refractivity contribution in [2.45, 2.75) is 32.6 Å². The fourth-order valence-electron chi connectivity index (χ4n) is 1.98. The molecular weight excluding hydrogens is 172 g/mol. The summed E-state index contributed by atoms with van der Waals surface area (Å²) in [6.07, 6.45) is 2.56.